The summed E-state index contributed by atoms with van der Waals surface area (Å²) in [5.74, 6) is 0.718. The Balaban J connectivity index is 2.04. The molecule has 0 aromatic heterocycles. The lowest BCUT2D eigenvalue weighted by Crippen LogP contribution is -2.06. The fourth-order valence-corrected chi connectivity index (χ4v) is 2.19. The van der Waals surface area contributed by atoms with E-state index in [1.165, 1.54) is 6.07 Å². The molecule has 0 unspecified atom stereocenters. The Morgan fingerprint density at radius 2 is 1.81 bits per heavy atom. The van der Waals surface area contributed by atoms with Gasteiger partial charge < -0.3 is 10.1 Å². The predicted molar refractivity (Wildman–Crippen MR) is 85.4 cm³/mol. The Bertz CT molecular complexity index is 623. The summed E-state index contributed by atoms with van der Waals surface area (Å²) in [6.07, 6.45) is 0.172. The van der Waals surface area contributed by atoms with E-state index in [0.717, 1.165) is 22.6 Å². The fraction of sp³-hybridized carbons (Fsp3) is 0.333. The summed E-state index contributed by atoms with van der Waals surface area (Å²) < 4.78 is 18.9. The van der Waals surface area contributed by atoms with Crippen molar-refractivity contribution >= 4 is 5.69 Å². The summed E-state index contributed by atoms with van der Waals surface area (Å²) in [6.45, 7) is 8.52. The number of hydrogen-bond acceptors (Lipinski definition) is 2. The highest BCUT2D eigenvalue weighted by atomic mass is 19.1. The maximum absolute atomic E-state index is 13.2. The van der Waals surface area contributed by atoms with E-state index < -0.39 is 0 Å². The van der Waals surface area contributed by atoms with Crippen molar-refractivity contribution in [3.05, 3.63) is 58.9 Å². The van der Waals surface area contributed by atoms with Gasteiger partial charge in [0.25, 0.3) is 0 Å². The zero-order valence-electron chi connectivity index (χ0n) is 13.0. The van der Waals surface area contributed by atoms with E-state index in [1.807, 2.05) is 45.0 Å². The SMILES string of the molecule is Cc1cc(CNc2ccc(OC(C)C)cc2C)ccc1F. The van der Waals surface area contributed by atoms with Gasteiger partial charge in [0, 0.05) is 12.2 Å². The van der Waals surface area contributed by atoms with Crippen molar-refractivity contribution in [2.45, 2.75) is 40.3 Å². The van der Waals surface area contributed by atoms with E-state index in [4.69, 9.17) is 4.74 Å². The van der Waals surface area contributed by atoms with Crippen molar-refractivity contribution in [1.29, 1.82) is 0 Å². The van der Waals surface area contributed by atoms with Crippen LogP contribution in [0.5, 0.6) is 5.75 Å². The number of ether oxygens (including phenoxy) is 1. The summed E-state index contributed by atoms with van der Waals surface area (Å²) in [6, 6.07) is 11.2. The van der Waals surface area contributed by atoms with Crippen LogP contribution in [-0.2, 0) is 6.54 Å². The van der Waals surface area contributed by atoms with Gasteiger partial charge in [-0.15, -0.1) is 0 Å². The summed E-state index contributed by atoms with van der Waals surface area (Å²) in [7, 11) is 0. The first-order valence-electron chi connectivity index (χ1n) is 7.22. The molecule has 0 spiro atoms. The molecule has 0 heterocycles. The van der Waals surface area contributed by atoms with Crippen LogP contribution in [0.4, 0.5) is 10.1 Å². The van der Waals surface area contributed by atoms with Crippen LogP contribution >= 0.6 is 0 Å². The van der Waals surface area contributed by atoms with Gasteiger partial charge in [0.1, 0.15) is 11.6 Å². The van der Waals surface area contributed by atoms with Crippen LogP contribution in [0, 0.1) is 19.7 Å². The maximum atomic E-state index is 13.2. The molecule has 3 heteroatoms. The van der Waals surface area contributed by atoms with Crippen LogP contribution in [0.2, 0.25) is 0 Å². The highest BCUT2D eigenvalue weighted by Crippen LogP contribution is 2.23. The third-order valence-electron chi connectivity index (χ3n) is 3.27. The second kappa shape index (κ2) is 6.61. The molecule has 0 aliphatic carbocycles. The van der Waals surface area contributed by atoms with Crippen LogP contribution in [0.25, 0.3) is 0 Å². The molecule has 0 fully saturated rings. The summed E-state index contributed by atoms with van der Waals surface area (Å²) >= 11 is 0. The van der Waals surface area contributed by atoms with Gasteiger partial charge in [-0.3, -0.25) is 0 Å². The van der Waals surface area contributed by atoms with Gasteiger partial charge in [-0.1, -0.05) is 12.1 Å². The molecule has 112 valence electrons. The Kier molecular flexibility index (Phi) is 4.84. The van der Waals surface area contributed by atoms with E-state index in [2.05, 4.69) is 5.32 Å². The van der Waals surface area contributed by atoms with Gasteiger partial charge in [-0.25, -0.2) is 4.39 Å². The molecule has 0 atom stereocenters. The summed E-state index contributed by atoms with van der Waals surface area (Å²) in [5, 5.41) is 3.38. The molecule has 0 saturated carbocycles. The van der Waals surface area contributed by atoms with Gasteiger partial charge in [0.2, 0.25) is 0 Å². The largest absolute Gasteiger partial charge is 0.491 e. The maximum Gasteiger partial charge on any atom is 0.126 e. The minimum Gasteiger partial charge on any atom is -0.491 e. The molecule has 1 N–H and O–H groups in total. The standard InChI is InChI=1S/C18H22FNO/c1-12(2)21-16-6-8-18(14(4)10-16)20-11-15-5-7-17(19)13(3)9-15/h5-10,12,20H,11H2,1-4H3. The second-order valence-corrected chi connectivity index (χ2v) is 5.58. The van der Waals surface area contributed by atoms with E-state index >= 15 is 0 Å². The predicted octanol–water partition coefficient (Wildman–Crippen LogP) is 4.84. The number of anilines is 1. The molecule has 2 nitrogen and oxygen atoms in total. The van der Waals surface area contributed by atoms with Crippen LogP contribution < -0.4 is 10.1 Å². The summed E-state index contributed by atoms with van der Waals surface area (Å²) in [4.78, 5) is 0. The second-order valence-electron chi connectivity index (χ2n) is 5.58. The average Bonchev–Trinajstić information content (AvgIpc) is 2.41. The first-order valence-corrected chi connectivity index (χ1v) is 7.22. The van der Waals surface area contributed by atoms with E-state index in [9.17, 15) is 4.39 Å². The van der Waals surface area contributed by atoms with E-state index in [-0.39, 0.29) is 11.9 Å². The normalized spacial score (nSPS) is 10.8. The lowest BCUT2D eigenvalue weighted by molar-refractivity contribution is 0.242. The number of rotatable bonds is 5. The lowest BCUT2D eigenvalue weighted by Gasteiger charge is -2.14. The smallest absolute Gasteiger partial charge is 0.126 e. The molecule has 2 rings (SSSR count). The minimum absolute atomic E-state index is 0.162. The Morgan fingerprint density at radius 3 is 2.43 bits per heavy atom. The van der Waals surface area contributed by atoms with E-state index in [0.29, 0.717) is 12.1 Å². The van der Waals surface area contributed by atoms with Crippen LogP contribution in [0.3, 0.4) is 0 Å². The van der Waals surface area contributed by atoms with Gasteiger partial charge >= 0.3 is 0 Å². The van der Waals surface area contributed by atoms with Crippen LogP contribution in [0.1, 0.15) is 30.5 Å². The highest BCUT2D eigenvalue weighted by Gasteiger charge is 2.04. The van der Waals surface area contributed by atoms with Crippen molar-refractivity contribution in [2.75, 3.05) is 5.32 Å². The molecule has 0 saturated heterocycles. The first-order chi connectivity index (χ1) is 9.95. The van der Waals surface area contributed by atoms with Gasteiger partial charge in [0.15, 0.2) is 0 Å². The number of hydrogen-bond donors (Lipinski definition) is 1. The van der Waals surface area contributed by atoms with Crippen molar-refractivity contribution < 1.29 is 9.13 Å². The van der Waals surface area contributed by atoms with Crippen LogP contribution in [-0.4, -0.2) is 6.10 Å². The molecule has 0 aliphatic heterocycles. The third kappa shape index (κ3) is 4.22. The molecule has 2 aromatic carbocycles. The van der Waals surface area contributed by atoms with Crippen molar-refractivity contribution in [3.63, 3.8) is 0 Å². The highest BCUT2D eigenvalue weighted by molar-refractivity contribution is 5.54. The Hall–Kier alpha value is -2.03. The fourth-order valence-electron chi connectivity index (χ4n) is 2.19. The Morgan fingerprint density at radius 1 is 1.05 bits per heavy atom. The molecule has 2 aromatic rings. The Labute approximate surface area is 126 Å². The molecule has 0 aliphatic rings. The van der Waals surface area contributed by atoms with Gasteiger partial charge in [0.05, 0.1) is 6.10 Å². The zero-order chi connectivity index (χ0) is 15.4. The van der Waals surface area contributed by atoms with Crippen LogP contribution in [0.15, 0.2) is 36.4 Å². The number of aryl methyl sites for hydroxylation is 2. The van der Waals surface area contributed by atoms with E-state index in [1.54, 1.807) is 13.0 Å². The summed E-state index contributed by atoms with van der Waals surface area (Å²) in [5.41, 5.74) is 3.93. The zero-order valence-corrected chi connectivity index (χ0v) is 13.0. The molecule has 21 heavy (non-hydrogen) atoms. The van der Waals surface area contributed by atoms with Crippen molar-refractivity contribution in [2.24, 2.45) is 0 Å². The number of halogens is 1. The third-order valence-corrected chi connectivity index (χ3v) is 3.27. The number of benzene rings is 2. The van der Waals surface area contributed by atoms with Crippen molar-refractivity contribution in [1.82, 2.24) is 0 Å². The topological polar surface area (TPSA) is 21.3 Å². The average molecular weight is 287 g/mol. The molecule has 0 bridgehead atoms. The van der Waals surface area contributed by atoms with Crippen molar-refractivity contribution in [3.8, 4) is 5.75 Å². The van der Waals surface area contributed by atoms with Gasteiger partial charge in [-0.2, -0.15) is 0 Å². The molecule has 0 radical (unpaired) electrons. The minimum atomic E-state index is -0.162. The van der Waals surface area contributed by atoms with Gasteiger partial charge in [-0.05, 0) is 68.7 Å². The monoisotopic (exact) mass is 287 g/mol. The lowest BCUT2D eigenvalue weighted by atomic mass is 10.1. The molecular weight excluding hydrogens is 265 g/mol. The quantitative estimate of drug-likeness (QED) is 0.849. The molecule has 0 amide bonds. The number of nitrogens with one attached hydrogen (secondary N) is 1. The first kappa shape index (κ1) is 15.4. The molecular formula is C18H22FNO.